The molecule has 16 heavy (non-hydrogen) atoms. The van der Waals surface area contributed by atoms with Crippen molar-refractivity contribution in [1.29, 1.82) is 0 Å². The number of nitrogens with one attached hydrogen (secondary N) is 1. The molecular formula is C12H13Br2NO. The Kier molecular flexibility index (Phi) is 3.70. The Balaban J connectivity index is 2.05. The second-order valence-corrected chi connectivity index (χ2v) is 6.14. The van der Waals surface area contributed by atoms with Gasteiger partial charge >= 0.3 is 0 Å². The van der Waals surface area contributed by atoms with Gasteiger partial charge in [-0.15, -0.1) is 0 Å². The summed E-state index contributed by atoms with van der Waals surface area (Å²) in [5, 5.41) is 3.04. The summed E-state index contributed by atoms with van der Waals surface area (Å²) in [6, 6.07) is 5.98. The Bertz CT molecular complexity index is 413. The molecule has 1 aliphatic carbocycles. The molecule has 1 aromatic carbocycles. The Morgan fingerprint density at radius 3 is 2.69 bits per heavy atom. The topological polar surface area (TPSA) is 29.1 Å². The van der Waals surface area contributed by atoms with Crippen molar-refractivity contribution in [2.75, 3.05) is 0 Å². The minimum absolute atomic E-state index is 0.00470. The van der Waals surface area contributed by atoms with Gasteiger partial charge in [-0.3, -0.25) is 4.79 Å². The van der Waals surface area contributed by atoms with Crippen LogP contribution < -0.4 is 5.32 Å². The number of amides is 1. The van der Waals surface area contributed by atoms with Crippen molar-refractivity contribution in [2.24, 2.45) is 5.92 Å². The molecule has 0 bridgehead atoms. The molecule has 0 saturated heterocycles. The number of benzene rings is 1. The summed E-state index contributed by atoms with van der Waals surface area (Å²) < 4.78 is 1.75. The summed E-state index contributed by atoms with van der Waals surface area (Å²) >= 11 is 6.76. The first-order valence-corrected chi connectivity index (χ1v) is 6.91. The van der Waals surface area contributed by atoms with E-state index in [0.717, 1.165) is 27.7 Å². The van der Waals surface area contributed by atoms with Crippen LogP contribution in [-0.2, 0) is 0 Å². The Labute approximate surface area is 112 Å². The first-order valence-electron chi connectivity index (χ1n) is 5.32. The zero-order valence-corrected chi connectivity index (χ0v) is 12.1. The van der Waals surface area contributed by atoms with Crippen molar-refractivity contribution in [1.82, 2.24) is 5.32 Å². The summed E-state index contributed by atoms with van der Waals surface area (Å²) in [5.41, 5.74) is 0.689. The van der Waals surface area contributed by atoms with E-state index in [4.69, 9.17) is 0 Å². The molecule has 2 rings (SSSR count). The molecule has 0 aromatic heterocycles. The van der Waals surface area contributed by atoms with E-state index in [1.165, 1.54) is 0 Å². The molecule has 2 nitrogen and oxygen atoms in total. The van der Waals surface area contributed by atoms with E-state index in [1.807, 2.05) is 18.2 Å². The monoisotopic (exact) mass is 345 g/mol. The first kappa shape index (κ1) is 12.1. The summed E-state index contributed by atoms with van der Waals surface area (Å²) in [6.45, 7) is 2.21. The van der Waals surface area contributed by atoms with Crippen molar-refractivity contribution in [2.45, 2.75) is 25.8 Å². The van der Waals surface area contributed by atoms with Gasteiger partial charge in [-0.2, -0.15) is 0 Å². The molecule has 0 spiro atoms. The van der Waals surface area contributed by atoms with Gasteiger partial charge in [-0.1, -0.05) is 22.9 Å². The molecule has 0 atom stereocenters. The van der Waals surface area contributed by atoms with Crippen LogP contribution in [0.3, 0.4) is 0 Å². The molecule has 0 radical (unpaired) electrons. The van der Waals surface area contributed by atoms with Crippen molar-refractivity contribution in [3.63, 3.8) is 0 Å². The fraction of sp³-hybridized carbons (Fsp3) is 0.417. The van der Waals surface area contributed by atoms with E-state index in [0.29, 0.717) is 11.6 Å². The van der Waals surface area contributed by atoms with Gasteiger partial charge < -0.3 is 5.32 Å². The quantitative estimate of drug-likeness (QED) is 0.868. The average molecular weight is 347 g/mol. The standard InChI is InChI=1S/C12H13Br2NO/c1-7-4-9(5-7)15-12(16)10-6-8(13)2-3-11(10)14/h2-3,6-7,9H,4-5H2,1H3,(H,15,16). The maximum Gasteiger partial charge on any atom is 0.252 e. The number of hydrogen-bond donors (Lipinski definition) is 1. The van der Waals surface area contributed by atoms with E-state index >= 15 is 0 Å². The van der Waals surface area contributed by atoms with Gasteiger partial charge in [0, 0.05) is 15.0 Å². The molecule has 1 amide bonds. The van der Waals surface area contributed by atoms with E-state index in [2.05, 4.69) is 44.1 Å². The third-order valence-corrected chi connectivity index (χ3v) is 4.07. The van der Waals surface area contributed by atoms with Crippen LogP contribution in [0.25, 0.3) is 0 Å². The zero-order valence-electron chi connectivity index (χ0n) is 8.97. The molecule has 1 fully saturated rings. The highest BCUT2D eigenvalue weighted by atomic mass is 79.9. The molecule has 1 saturated carbocycles. The van der Waals surface area contributed by atoms with Crippen LogP contribution in [0.1, 0.15) is 30.1 Å². The lowest BCUT2D eigenvalue weighted by molar-refractivity contribution is 0.0895. The highest BCUT2D eigenvalue weighted by Gasteiger charge is 2.27. The van der Waals surface area contributed by atoms with Gasteiger partial charge in [0.25, 0.3) is 5.91 Å². The fourth-order valence-corrected chi connectivity index (χ4v) is 2.74. The summed E-state index contributed by atoms with van der Waals surface area (Å²) in [4.78, 5) is 12.0. The van der Waals surface area contributed by atoms with Gasteiger partial charge in [-0.05, 0) is 52.9 Å². The Morgan fingerprint density at radius 2 is 2.06 bits per heavy atom. The number of hydrogen-bond acceptors (Lipinski definition) is 1. The van der Waals surface area contributed by atoms with Gasteiger partial charge in [0.15, 0.2) is 0 Å². The summed E-state index contributed by atoms with van der Waals surface area (Å²) in [6.07, 6.45) is 2.19. The second kappa shape index (κ2) is 4.88. The predicted octanol–water partition coefficient (Wildman–Crippen LogP) is 3.74. The van der Waals surface area contributed by atoms with Crippen molar-refractivity contribution in [3.05, 3.63) is 32.7 Å². The molecule has 4 heteroatoms. The Hall–Kier alpha value is -0.350. The van der Waals surface area contributed by atoms with Crippen LogP contribution in [0.5, 0.6) is 0 Å². The normalized spacial score (nSPS) is 23.7. The third kappa shape index (κ3) is 2.66. The number of carbonyl (C=O) groups excluding carboxylic acids is 1. The van der Waals surface area contributed by atoms with E-state index in [1.54, 1.807) is 0 Å². The first-order chi connectivity index (χ1) is 7.56. The van der Waals surface area contributed by atoms with Crippen molar-refractivity contribution < 1.29 is 4.79 Å². The van der Waals surface area contributed by atoms with Crippen LogP contribution in [0.2, 0.25) is 0 Å². The predicted molar refractivity (Wildman–Crippen MR) is 71.5 cm³/mol. The second-order valence-electron chi connectivity index (χ2n) is 4.37. The van der Waals surface area contributed by atoms with Crippen LogP contribution >= 0.6 is 31.9 Å². The number of rotatable bonds is 2. The minimum atomic E-state index is 0.00470. The van der Waals surface area contributed by atoms with Gasteiger partial charge in [0.1, 0.15) is 0 Å². The maximum absolute atomic E-state index is 12.0. The maximum atomic E-state index is 12.0. The molecule has 0 aliphatic heterocycles. The summed E-state index contributed by atoms with van der Waals surface area (Å²) in [5.74, 6) is 0.751. The lowest BCUT2D eigenvalue weighted by Gasteiger charge is -2.33. The smallest absolute Gasteiger partial charge is 0.252 e. The van der Waals surface area contributed by atoms with Crippen LogP contribution in [0.4, 0.5) is 0 Å². The van der Waals surface area contributed by atoms with Gasteiger partial charge in [-0.25, -0.2) is 0 Å². The molecule has 86 valence electrons. The largest absolute Gasteiger partial charge is 0.349 e. The summed E-state index contributed by atoms with van der Waals surface area (Å²) in [7, 11) is 0. The van der Waals surface area contributed by atoms with Gasteiger partial charge in [0.05, 0.1) is 5.56 Å². The van der Waals surface area contributed by atoms with E-state index in [9.17, 15) is 4.79 Å². The average Bonchev–Trinajstić information content (AvgIpc) is 2.19. The van der Waals surface area contributed by atoms with E-state index < -0.39 is 0 Å². The number of halogens is 2. The van der Waals surface area contributed by atoms with Gasteiger partial charge in [0.2, 0.25) is 0 Å². The van der Waals surface area contributed by atoms with Crippen LogP contribution in [-0.4, -0.2) is 11.9 Å². The highest BCUT2D eigenvalue weighted by molar-refractivity contribution is 9.11. The highest BCUT2D eigenvalue weighted by Crippen LogP contribution is 2.27. The lowest BCUT2D eigenvalue weighted by Crippen LogP contribution is -2.43. The fourth-order valence-electron chi connectivity index (χ4n) is 1.95. The molecule has 1 aromatic rings. The minimum Gasteiger partial charge on any atom is -0.349 e. The molecule has 0 unspecified atom stereocenters. The van der Waals surface area contributed by atoms with Crippen molar-refractivity contribution >= 4 is 37.8 Å². The Morgan fingerprint density at radius 1 is 1.38 bits per heavy atom. The molecule has 1 N–H and O–H groups in total. The van der Waals surface area contributed by atoms with Crippen molar-refractivity contribution in [3.8, 4) is 0 Å². The zero-order chi connectivity index (χ0) is 11.7. The third-order valence-electron chi connectivity index (χ3n) is 2.88. The van der Waals surface area contributed by atoms with Crippen LogP contribution in [0, 0.1) is 5.92 Å². The molecular weight excluding hydrogens is 334 g/mol. The van der Waals surface area contributed by atoms with Crippen LogP contribution in [0.15, 0.2) is 27.1 Å². The molecule has 0 heterocycles. The number of carbonyl (C=O) groups is 1. The lowest BCUT2D eigenvalue weighted by atomic mass is 9.82. The SMILES string of the molecule is CC1CC(NC(=O)c2cc(Br)ccc2Br)C1. The van der Waals surface area contributed by atoms with E-state index in [-0.39, 0.29) is 5.91 Å². The molecule has 1 aliphatic rings.